The Morgan fingerprint density at radius 1 is 1.00 bits per heavy atom. The molecule has 4 rings (SSSR count). The van der Waals surface area contributed by atoms with E-state index in [2.05, 4.69) is 31.3 Å². The maximum atomic E-state index is 9.16. The van der Waals surface area contributed by atoms with Crippen molar-refractivity contribution in [2.75, 3.05) is 17.3 Å². The Morgan fingerprint density at radius 2 is 1.73 bits per heavy atom. The van der Waals surface area contributed by atoms with E-state index in [1.807, 2.05) is 73.5 Å². The van der Waals surface area contributed by atoms with Gasteiger partial charge in [0.05, 0.1) is 11.6 Å². The van der Waals surface area contributed by atoms with Crippen LogP contribution in [-0.4, -0.2) is 33.0 Å². The molecule has 8 heteroatoms. The molecule has 7 nitrogen and oxygen atoms in total. The van der Waals surface area contributed by atoms with Crippen LogP contribution in [0.15, 0.2) is 73.1 Å². The van der Waals surface area contributed by atoms with Crippen LogP contribution in [0.5, 0.6) is 0 Å². The van der Waals surface area contributed by atoms with Crippen molar-refractivity contribution in [1.29, 1.82) is 5.26 Å². The molecule has 0 aliphatic rings. The number of hydrogen-bond acceptors (Lipinski definition) is 7. The molecule has 164 valence electrons. The van der Waals surface area contributed by atoms with E-state index in [0.29, 0.717) is 34.6 Å². The number of anilines is 3. The van der Waals surface area contributed by atoms with Crippen molar-refractivity contribution < 1.29 is 0 Å². The van der Waals surface area contributed by atoms with Crippen molar-refractivity contribution in [2.45, 2.75) is 19.4 Å². The summed E-state index contributed by atoms with van der Waals surface area (Å²) in [7, 11) is 1.90. The minimum Gasteiger partial charge on any atom is -0.351 e. The van der Waals surface area contributed by atoms with Crippen LogP contribution >= 0.6 is 11.6 Å². The number of benzene rings is 2. The largest absolute Gasteiger partial charge is 0.351 e. The Morgan fingerprint density at radius 3 is 2.48 bits per heavy atom. The van der Waals surface area contributed by atoms with E-state index in [-0.39, 0.29) is 6.04 Å². The van der Waals surface area contributed by atoms with Crippen LogP contribution in [0.25, 0.3) is 11.4 Å². The van der Waals surface area contributed by atoms with Crippen LogP contribution in [0.4, 0.5) is 17.6 Å². The predicted molar refractivity (Wildman–Crippen MR) is 131 cm³/mol. The molecule has 0 aliphatic heterocycles. The summed E-state index contributed by atoms with van der Waals surface area (Å²) >= 11 is 6.12. The van der Waals surface area contributed by atoms with Crippen LogP contribution in [0.3, 0.4) is 0 Å². The first-order chi connectivity index (χ1) is 16.0. The maximum absolute atomic E-state index is 9.16. The number of halogens is 1. The summed E-state index contributed by atoms with van der Waals surface area (Å²) in [5.74, 6) is 2.59. The van der Waals surface area contributed by atoms with Gasteiger partial charge in [0.15, 0.2) is 5.82 Å². The molecule has 0 saturated heterocycles. The third kappa shape index (κ3) is 5.62. The number of hydrogen-bond donors (Lipinski definition) is 1. The Bertz CT molecular complexity index is 1290. The molecule has 2 aromatic carbocycles. The van der Waals surface area contributed by atoms with Gasteiger partial charge >= 0.3 is 0 Å². The fourth-order valence-electron chi connectivity index (χ4n) is 3.44. The van der Waals surface area contributed by atoms with Crippen molar-refractivity contribution in [3.63, 3.8) is 0 Å². The molecule has 1 atom stereocenters. The van der Waals surface area contributed by atoms with Gasteiger partial charge in [-0.15, -0.1) is 0 Å². The van der Waals surface area contributed by atoms with Gasteiger partial charge in [-0.1, -0.05) is 41.9 Å². The second kappa shape index (κ2) is 10.1. The molecule has 0 fully saturated rings. The highest BCUT2D eigenvalue weighted by atomic mass is 35.5. The van der Waals surface area contributed by atoms with Gasteiger partial charge in [-0.25, -0.2) is 15.0 Å². The molecule has 1 N–H and O–H groups in total. The molecule has 2 heterocycles. The molecule has 0 spiro atoms. The van der Waals surface area contributed by atoms with E-state index < -0.39 is 0 Å². The summed E-state index contributed by atoms with van der Waals surface area (Å²) in [5, 5.41) is 13.0. The highest BCUT2D eigenvalue weighted by Crippen LogP contribution is 2.23. The molecule has 0 saturated carbocycles. The van der Waals surface area contributed by atoms with Gasteiger partial charge in [0.1, 0.15) is 11.6 Å². The van der Waals surface area contributed by atoms with Crippen LogP contribution in [0.2, 0.25) is 5.02 Å². The van der Waals surface area contributed by atoms with Gasteiger partial charge < -0.3 is 10.2 Å². The zero-order chi connectivity index (χ0) is 23.2. The van der Waals surface area contributed by atoms with Crippen molar-refractivity contribution in [2.24, 2.45) is 0 Å². The minimum absolute atomic E-state index is 0.0271. The molecule has 0 radical (unpaired) electrons. The molecule has 1 unspecified atom stereocenters. The summed E-state index contributed by atoms with van der Waals surface area (Å²) in [4.78, 5) is 20.0. The van der Waals surface area contributed by atoms with E-state index in [4.69, 9.17) is 16.9 Å². The lowest BCUT2D eigenvalue weighted by Gasteiger charge is -2.19. The third-order valence-corrected chi connectivity index (χ3v) is 5.22. The second-order valence-corrected chi connectivity index (χ2v) is 8.05. The van der Waals surface area contributed by atoms with E-state index in [1.54, 1.807) is 18.5 Å². The zero-order valence-electron chi connectivity index (χ0n) is 18.3. The number of aromatic nitrogens is 4. The predicted octanol–water partition coefficient (Wildman–Crippen LogP) is 5.27. The SMILES string of the molecule is CC(Cc1cc(Cl)cc(C#N)c1)Nc1nccc(N(C)c2ccnc(-c3ccccc3)n2)n1. The van der Waals surface area contributed by atoms with E-state index in [9.17, 15) is 0 Å². The summed E-state index contributed by atoms with van der Waals surface area (Å²) in [5.41, 5.74) is 2.47. The topological polar surface area (TPSA) is 90.6 Å². The first-order valence-electron chi connectivity index (χ1n) is 10.4. The van der Waals surface area contributed by atoms with Crippen LogP contribution in [0, 0.1) is 11.3 Å². The molecule has 33 heavy (non-hydrogen) atoms. The molecule has 0 aliphatic carbocycles. The lowest BCUT2D eigenvalue weighted by atomic mass is 10.0. The third-order valence-electron chi connectivity index (χ3n) is 5.01. The summed E-state index contributed by atoms with van der Waals surface area (Å²) in [6, 6.07) is 21.0. The zero-order valence-corrected chi connectivity index (χ0v) is 19.0. The Kier molecular flexibility index (Phi) is 6.77. The first kappa shape index (κ1) is 22.2. The first-order valence-corrected chi connectivity index (χ1v) is 10.8. The second-order valence-electron chi connectivity index (χ2n) is 7.61. The molecule has 0 bridgehead atoms. The van der Waals surface area contributed by atoms with Crippen molar-refractivity contribution in [3.8, 4) is 17.5 Å². The Hall–Kier alpha value is -4.02. The van der Waals surface area contributed by atoms with Gasteiger partial charge in [-0.2, -0.15) is 10.2 Å². The summed E-state index contributed by atoms with van der Waals surface area (Å²) in [6.07, 6.45) is 4.12. The Balaban J connectivity index is 1.49. The van der Waals surface area contributed by atoms with Gasteiger partial charge in [0, 0.05) is 36.1 Å². The average molecular weight is 456 g/mol. The van der Waals surface area contributed by atoms with Gasteiger partial charge in [0.2, 0.25) is 5.95 Å². The lowest BCUT2D eigenvalue weighted by Crippen LogP contribution is -2.21. The molecular weight excluding hydrogens is 434 g/mol. The molecule has 2 aromatic heterocycles. The average Bonchev–Trinajstić information content (AvgIpc) is 2.84. The van der Waals surface area contributed by atoms with E-state index in [1.165, 1.54) is 0 Å². The fraction of sp³-hybridized carbons (Fsp3) is 0.160. The fourth-order valence-corrected chi connectivity index (χ4v) is 3.70. The highest BCUT2D eigenvalue weighted by Gasteiger charge is 2.12. The minimum atomic E-state index is 0.0271. The maximum Gasteiger partial charge on any atom is 0.224 e. The number of nitrogens with one attached hydrogen (secondary N) is 1. The van der Waals surface area contributed by atoms with Crippen molar-refractivity contribution >= 4 is 29.2 Å². The van der Waals surface area contributed by atoms with E-state index in [0.717, 1.165) is 16.9 Å². The lowest BCUT2D eigenvalue weighted by molar-refractivity contribution is 0.776. The van der Waals surface area contributed by atoms with Gasteiger partial charge in [0.25, 0.3) is 0 Å². The molecule has 4 aromatic rings. The highest BCUT2D eigenvalue weighted by molar-refractivity contribution is 6.30. The van der Waals surface area contributed by atoms with Crippen molar-refractivity contribution in [3.05, 3.63) is 89.2 Å². The number of nitriles is 1. The summed E-state index contributed by atoms with van der Waals surface area (Å²) in [6.45, 7) is 2.03. The van der Waals surface area contributed by atoms with Crippen molar-refractivity contribution in [1.82, 2.24) is 19.9 Å². The van der Waals surface area contributed by atoms with Gasteiger partial charge in [-0.3, -0.25) is 0 Å². The summed E-state index contributed by atoms with van der Waals surface area (Å²) < 4.78 is 0. The van der Waals surface area contributed by atoms with Gasteiger partial charge in [-0.05, 0) is 49.2 Å². The number of rotatable bonds is 7. The smallest absolute Gasteiger partial charge is 0.224 e. The Labute approximate surface area is 197 Å². The standard InChI is InChI=1S/C25H22ClN7/c1-17(12-18-13-19(16-27)15-21(26)14-18)30-25-29-11-9-23(32-25)33(2)22-8-10-28-24(31-22)20-6-4-3-5-7-20/h3-11,13-15,17H,12H2,1-2H3,(H,29,30,32). The van der Waals surface area contributed by atoms with E-state index >= 15 is 0 Å². The monoisotopic (exact) mass is 455 g/mol. The van der Waals surface area contributed by atoms with Crippen LogP contribution in [-0.2, 0) is 6.42 Å². The quantitative estimate of drug-likeness (QED) is 0.406. The normalized spacial score (nSPS) is 11.5. The van der Waals surface area contributed by atoms with Crippen LogP contribution < -0.4 is 10.2 Å². The molecular formula is C25H22ClN7. The number of nitrogens with zero attached hydrogens (tertiary/aromatic N) is 6. The molecule has 0 amide bonds. The van der Waals surface area contributed by atoms with Crippen LogP contribution in [0.1, 0.15) is 18.1 Å².